The van der Waals surface area contributed by atoms with Gasteiger partial charge in [-0.05, 0) is 19.1 Å². The van der Waals surface area contributed by atoms with Crippen molar-refractivity contribution in [3.8, 4) is 17.4 Å². The molecular weight excluding hydrogens is 386 g/mol. The van der Waals surface area contributed by atoms with Crippen LogP contribution in [-0.4, -0.2) is 20.0 Å². The highest BCUT2D eigenvalue weighted by Crippen LogP contribution is 2.29. The van der Waals surface area contributed by atoms with E-state index in [1.165, 1.54) is 42.7 Å². The highest BCUT2D eigenvalue weighted by molar-refractivity contribution is 5.38. The number of halogens is 2. The standard InChI is InChI=1S/C19H16F2N4O4/c1-11(23-9-12-4-2-6-15(17(12)21)25(27)28)18-16(26)8-13(10-24-18)29-19-14(20)5-3-7-22-19/h2-8,10-11,23,26H,9H2,1H3. The lowest BCUT2D eigenvalue weighted by molar-refractivity contribution is -0.387. The molecule has 0 aliphatic carbocycles. The molecule has 0 saturated carbocycles. The number of ether oxygens (including phenoxy) is 1. The van der Waals surface area contributed by atoms with Crippen LogP contribution in [0.2, 0.25) is 0 Å². The summed E-state index contributed by atoms with van der Waals surface area (Å²) in [7, 11) is 0. The molecule has 1 unspecified atom stereocenters. The lowest BCUT2D eigenvalue weighted by atomic mass is 10.1. The average molecular weight is 402 g/mol. The van der Waals surface area contributed by atoms with Gasteiger partial charge in [0.05, 0.1) is 22.9 Å². The van der Waals surface area contributed by atoms with Gasteiger partial charge in [-0.3, -0.25) is 15.1 Å². The lowest BCUT2D eigenvalue weighted by Crippen LogP contribution is -2.20. The molecular formula is C19H16F2N4O4. The zero-order valence-electron chi connectivity index (χ0n) is 15.2. The topological polar surface area (TPSA) is 110 Å². The highest BCUT2D eigenvalue weighted by Gasteiger charge is 2.19. The summed E-state index contributed by atoms with van der Waals surface area (Å²) in [6.07, 6.45) is 2.65. The van der Waals surface area contributed by atoms with Crippen molar-refractivity contribution in [2.45, 2.75) is 19.5 Å². The number of hydrogen-bond donors (Lipinski definition) is 2. The highest BCUT2D eigenvalue weighted by atomic mass is 19.1. The molecule has 1 aromatic carbocycles. The fourth-order valence-electron chi connectivity index (χ4n) is 2.60. The summed E-state index contributed by atoms with van der Waals surface area (Å²) in [6.45, 7) is 1.66. The van der Waals surface area contributed by atoms with Crippen LogP contribution in [0.3, 0.4) is 0 Å². The number of hydrogen-bond acceptors (Lipinski definition) is 7. The van der Waals surface area contributed by atoms with Crippen LogP contribution in [0.1, 0.15) is 24.2 Å². The predicted molar refractivity (Wildman–Crippen MR) is 98.5 cm³/mol. The molecule has 3 aromatic rings. The Morgan fingerprint density at radius 3 is 2.76 bits per heavy atom. The van der Waals surface area contributed by atoms with Gasteiger partial charge in [0, 0.05) is 30.4 Å². The molecule has 3 rings (SSSR count). The third-order valence-electron chi connectivity index (χ3n) is 4.08. The van der Waals surface area contributed by atoms with Crippen molar-refractivity contribution in [2.24, 2.45) is 0 Å². The molecule has 0 radical (unpaired) electrons. The van der Waals surface area contributed by atoms with Crippen molar-refractivity contribution in [3.05, 3.63) is 81.8 Å². The summed E-state index contributed by atoms with van der Waals surface area (Å²) < 4.78 is 33.0. The second-order valence-corrected chi connectivity index (χ2v) is 6.08. The number of benzene rings is 1. The van der Waals surface area contributed by atoms with Crippen molar-refractivity contribution in [1.29, 1.82) is 0 Å². The van der Waals surface area contributed by atoms with Crippen LogP contribution < -0.4 is 10.1 Å². The number of pyridine rings is 2. The minimum atomic E-state index is -0.921. The Hall–Kier alpha value is -3.66. The molecule has 0 spiro atoms. The first-order chi connectivity index (χ1) is 13.9. The molecule has 0 fully saturated rings. The summed E-state index contributed by atoms with van der Waals surface area (Å²) in [4.78, 5) is 17.9. The normalized spacial score (nSPS) is 11.8. The first kappa shape index (κ1) is 20.1. The maximum atomic E-state index is 14.1. The quantitative estimate of drug-likeness (QED) is 0.454. The van der Waals surface area contributed by atoms with Gasteiger partial charge >= 0.3 is 5.69 Å². The van der Waals surface area contributed by atoms with Crippen molar-refractivity contribution in [2.75, 3.05) is 0 Å². The molecule has 2 heterocycles. The largest absolute Gasteiger partial charge is 0.506 e. The van der Waals surface area contributed by atoms with E-state index < -0.39 is 28.3 Å². The van der Waals surface area contributed by atoms with Crippen LogP contribution in [0, 0.1) is 21.7 Å². The van der Waals surface area contributed by atoms with E-state index in [1.807, 2.05) is 0 Å². The SMILES string of the molecule is CC(NCc1cccc([N+](=O)[O-])c1F)c1ncc(Oc2ncccc2F)cc1O. The molecule has 0 amide bonds. The Bertz CT molecular complexity index is 1050. The third kappa shape index (κ3) is 4.61. The molecule has 0 bridgehead atoms. The minimum Gasteiger partial charge on any atom is -0.506 e. The lowest BCUT2D eigenvalue weighted by Gasteiger charge is -2.15. The van der Waals surface area contributed by atoms with E-state index in [1.54, 1.807) is 6.92 Å². The Morgan fingerprint density at radius 1 is 1.28 bits per heavy atom. The third-order valence-corrected chi connectivity index (χ3v) is 4.08. The van der Waals surface area contributed by atoms with E-state index in [0.717, 1.165) is 6.07 Å². The number of nitro groups is 1. The number of rotatable bonds is 7. The van der Waals surface area contributed by atoms with Gasteiger partial charge < -0.3 is 15.2 Å². The number of nitro benzene ring substituents is 1. The molecule has 1 atom stereocenters. The number of nitrogens with one attached hydrogen (secondary N) is 1. The Kier molecular flexibility index (Phi) is 5.93. The van der Waals surface area contributed by atoms with Crippen LogP contribution in [0.25, 0.3) is 0 Å². The number of nitrogens with zero attached hydrogens (tertiary/aromatic N) is 3. The number of aromatic hydroxyl groups is 1. The first-order valence-corrected chi connectivity index (χ1v) is 8.49. The van der Waals surface area contributed by atoms with Crippen LogP contribution in [0.15, 0.2) is 48.8 Å². The van der Waals surface area contributed by atoms with Crippen molar-refractivity contribution < 1.29 is 23.5 Å². The van der Waals surface area contributed by atoms with E-state index in [4.69, 9.17) is 4.74 Å². The molecule has 0 aliphatic rings. The van der Waals surface area contributed by atoms with Gasteiger partial charge in [0.25, 0.3) is 5.88 Å². The van der Waals surface area contributed by atoms with E-state index >= 15 is 0 Å². The van der Waals surface area contributed by atoms with E-state index in [9.17, 15) is 24.0 Å². The Labute approximate surface area is 164 Å². The monoisotopic (exact) mass is 402 g/mol. The average Bonchev–Trinajstić information content (AvgIpc) is 2.68. The summed E-state index contributed by atoms with van der Waals surface area (Å²) in [5.41, 5.74) is -0.262. The summed E-state index contributed by atoms with van der Waals surface area (Å²) in [6, 6.07) is 7.23. The molecule has 0 saturated heterocycles. The second-order valence-electron chi connectivity index (χ2n) is 6.08. The summed E-state index contributed by atoms with van der Waals surface area (Å²) in [5, 5.41) is 24.0. The zero-order valence-corrected chi connectivity index (χ0v) is 15.2. The second kappa shape index (κ2) is 8.57. The van der Waals surface area contributed by atoms with Crippen LogP contribution in [0.4, 0.5) is 14.5 Å². The molecule has 150 valence electrons. The molecule has 2 aromatic heterocycles. The van der Waals surface area contributed by atoms with Gasteiger partial charge in [-0.25, -0.2) is 9.37 Å². The van der Waals surface area contributed by atoms with Crippen molar-refractivity contribution >= 4 is 5.69 Å². The van der Waals surface area contributed by atoms with Crippen molar-refractivity contribution in [1.82, 2.24) is 15.3 Å². The van der Waals surface area contributed by atoms with Gasteiger partial charge in [-0.1, -0.05) is 12.1 Å². The van der Waals surface area contributed by atoms with Crippen LogP contribution >= 0.6 is 0 Å². The van der Waals surface area contributed by atoms with Gasteiger partial charge in [-0.2, -0.15) is 4.39 Å². The maximum absolute atomic E-state index is 14.1. The molecule has 0 aliphatic heterocycles. The van der Waals surface area contributed by atoms with E-state index in [0.29, 0.717) is 0 Å². The summed E-state index contributed by atoms with van der Waals surface area (Å²) >= 11 is 0. The summed E-state index contributed by atoms with van der Waals surface area (Å²) in [5.74, 6) is -1.98. The predicted octanol–water partition coefficient (Wildman–Crippen LogP) is 4.01. The fourth-order valence-corrected chi connectivity index (χ4v) is 2.60. The molecule has 2 N–H and O–H groups in total. The van der Waals surface area contributed by atoms with Crippen molar-refractivity contribution in [3.63, 3.8) is 0 Å². The van der Waals surface area contributed by atoms with E-state index in [2.05, 4.69) is 15.3 Å². The molecule has 8 nitrogen and oxygen atoms in total. The van der Waals surface area contributed by atoms with Gasteiger partial charge in [-0.15, -0.1) is 0 Å². The Morgan fingerprint density at radius 2 is 2.07 bits per heavy atom. The smallest absolute Gasteiger partial charge is 0.305 e. The van der Waals surface area contributed by atoms with Gasteiger partial charge in [0.1, 0.15) is 5.75 Å². The first-order valence-electron chi connectivity index (χ1n) is 8.49. The minimum absolute atomic E-state index is 0.0206. The van der Waals surface area contributed by atoms with Crippen LogP contribution in [-0.2, 0) is 6.54 Å². The zero-order chi connectivity index (χ0) is 21.0. The Balaban J connectivity index is 1.70. The molecule has 10 heteroatoms. The molecule has 29 heavy (non-hydrogen) atoms. The van der Waals surface area contributed by atoms with Gasteiger partial charge in [0.15, 0.2) is 11.6 Å². The number of aromatic nitrogens is 2. The van der Waals surface area contributed by atoms with Gasteiger partial charge in [0.2, 0.25) is 5.82 Å². The van der Waals surface area contributed by atoms with Crippen LogP contribution in [0.5, 0.6) is 17.4 Å². The van der Waals surface area contributed by atoms with E-state index in [-0.39, 0.29) is 35.2 Å². The maximum Gasteiger partial charge on any atom is 0.305 e. The fraction of sp³-hybridized carbons (Fsp3) is 0.158.